The molecule has 0 fully saturated rings. The Labute approximate surface area is 186 Å². The van der Waals surface area contributed by atoms with Gasteiger partial charge in [0.2, 0.25) is 5.95 Å². The van der Waals surface area contributed by atoms with Crippen LogP contribution in [0.25, 0.3) is 5.52 Å². The Bertz CT molecular complexity index is 1270. The molecule has 0 bridgehead atoms. The Balaban J connectivity index is 1.45. The first-order valence-electron chi connectivity index (χ1n) is 10.8. The van der Waals surface area contributed by atoms with Crippen molar-refractivity contribution < 1.29 is 9.53 Å². The highest BCUT2D eigenvalue weighted by Crippen LogP contribution is 2.25. The molecule has 3 aromatic heterocycles. The molecule has 1 amide bonds. The van der Waals surface area contributed by atoms with Crippen LogP contribution in [0.3, 0.4) is 0 Å². The maximum Gasteiger partial charge on any atom is 0.274 e. The molecule has 4 heterocycles. The minimum atomic E-state index is -0.255. The van der Waals surface area contributed by atoms with Crippen molar-refractivity contribution in [1.82, 2.24) is 14.4 Å². The number of pyridine rings is 1. The number of aryl methyl sites for hydroxylation is 1. The predicted octanol–water partition coefficient (Wildman–Crippen LogP) is 4.36. The van der Waals surface area contributed by atoms with Crippen molar-refractivity contribution >= 4 is 23.2 Å². The van der Waals surface area contributed by atoms with E-state index in [1.54, 1.807) is 6.07 Å². The number of ether oxygens (including phenoxy) is 1. The van der Waals surface area contributed by atoms with E-state index in [1.807, 2.05) is 53.9 Å². The lowest BCUT2D eigenvalue weighted by molar-refractivity contribution is 0.101. The van der Waals surface area contributed by atoms with Crippen molar-refractivity contribution in [3.8, 4) is 0 Å². The van der Waals surface area contributed by atoms with Gasteiger partial charge < -0.3 is 14.5 Å². The highest BCUT2D eigenvalue weighted by atomic mass is 16.5. The molecule has 0 spiro atoms. The first-order valence-corrected chi connectivity index (χ1v) is 10.8. The molecule has 1 aliphatic rings. The number of aromatic nitrogens is 3. The van der Waals surface area contributed by atoms with Crippen LogP contribution in [0.5, 0.6) is 0 Å². The van der Waals surface area contributed by atoms with Gasteiger partial charge in [0.1, 0.15) is 11.5 Å². The Kier molecular flexibility index (Phi) is 5.56. The number of carbonyl (C=O) groups excluding carboxylic acids is 1. The van der Waals surface area contributed by atoms with Gasteiger partial charge >= 0.3 is 0 Å². The molecule has 0 unspecified atom stereocenters. The minimum absolute atomic E-state index is 0.255. The molecule has 7 heteroatoms. The van der Waals surface area contributed by atoms with Crippen molar-refractivity contribution in [3.05, 3.63) is 88.9 Å². The fraction of sp³-hybridized carbons (Fsp3) is 0.240. The topological polar surface area (TPSA) is 80.5 Å². The quantitative estimate of drug-likeness (QED) is 0.495. The van der Waals surface area contributed by atoms with Gasteiger partial charge in [-0.15, -0.1) is 0 Å². The lowest BCUT2D eigenvalue weighted by atomic mass is 10.1. The van der Waals surface area contributed by atoms with E-state index in [2.05, 4.69) is 32.7 Å². The summed E-state index contributed by atoms with van der Waals surface area (Å²) >= 11 is 0. The van der Waals surface area contributed by atoms with Gasteiger partial charge in [-0.2, -0.15) is 4.98 Å². The third-order valence-corrected chi connectivity index (χ3v) is 5.57. The number of hydrogen-bond donors (Lipinski definition) is 2. The third-order valence-electron chi connectivity index (χ3n) is 5.57. The Hall–Kier alpha value is -3.71. The number of benzene rings is 1. The number of rotatable bonds is 5. The minimum Gasteiger partial charge on any atom is -0.375 e. The fourth-order valence-corrected chi connectivity index (χ4v) is 4.04. The number of anilines is 2. The summed E-state index contributed by atoms with van der Waals surface area (Å²) in [5, 5.41) is 6.33. The molecule has 0 atom stereocenters. The van der Waals surface area contributed by atoms with Gasteiger partial charge in [0.15, 0.2) is 0 Å². The second-order valence-electron chi connectivity index (χ2n) is 7.99. The molecule has 1 aromatic carbocycles. The fourth-order valence-electron chi connectivity index (χ4n) is 4.04. The van der Waals surface area contributed by atoms with E-state index in [1.165, 1.54) is 0 Å². The van der Waals surface area contributed by atoms with Gasteiger partial charge in [0, 0.05) is 30.4 Å². The molecule has 0 aliphatic carbocycles. The summed E-state index contributed by atoms with van der Waals surface area (Å²) in [6, 6.07) is 17.9. The van der Waals surface area contributed by atoms with Gasteiger partial charge in [0.25, 0.3) is 5.91 Å². The molecule has 4 aromatic rings. The molecule has 32 heavy (non-hydrogen) atoms. The standard InChI is InChI=1S/C25H25N5O2/c1-17-13-19-9-5-11-22(30(19)15-17)24(31)29-25-27-21-16-32-12-6-10-20(21)23(28-25)26-14-18-7-3-2-4-8-18/h2-5,7-9,11,13,15H,6,10,12,14,16H2,1H3,(H2,26,27,28,29,31). The Morgan fingerprint density at radius 2 is 2.00 bits per heavy atom. The molecule has 7 nitrogen and oxygen atoms in total. The van der Waals surface area contributed by atoms with Crippen molar-refractivity contribution in [2.24, 2.45) is 0 Å². The summed E-state index contributed by atoms with van der Waals surface area (Å²) in [6.07, 6.45) is 3.70. The zero-order chi connectivity index (χ0) is 21.9. The van der Waals surface area contributed by atoms with E-state index < -0.39 is 0 Å². The first kappa shape index (κ1) is 20.2. The highest BCUT2D eigenvalue weighted by Gasteiger charge is 2.19. The maximum absolute atomic E-state index is 13.1. The number of nitrogens with zero attached hydrogens (tertiary/aromatic N) is 3. The van der Waals surface area contributed by atoms with E-state index in [-0.39, 0.29) is 11.9 Å². The van der Waals surface area contributed by atoms with Crippen LogP contribution in [-0.4, -0.2) is 26.9 Å². The molecule has 1 aliphatic heterocycles. The zero-order valence-electron chi connectivity index (χ0n) is 18.0. The number of nitrogens with one attached hydrogen (secondary N) is 2. The predicted molar refractivity (Wildman–Crippen MR) is 124 cm³/mol. The highest BCUT2D eigenvalue weighted by molar-refractivity contribution is 6.02. The summed E-state index contributed by atoms with van der Waals surface area (Å²) in [6.45, 7) is 3.74. The van der Waals surface area contributed by atoms with Crippen LogP contribution in [0.4, 0.5) is 11.8 Å². The summed E-state index contributed by atoms with van der Waals surface area (Å²) < 4.78 is 7.59. The molecular formula is C25H25N5O2. The summed E-state index contributed by atoms with van der Waals surface area (Å²) in [4.78, 5) is 22.4. The van der Waals surface area contributed by atoms with Crippen LogP contribution in [0.1, 0.15) is 39.3 Å². The monoisotopic (exact) mass is 427 g/mol. The second-order valence-corrected chi connectivity index (χ2v) is 7.99. The third kappa shape index (κ3) is 4.20. The molecule has 2 N–H and O–H groups in total. The SMILES string of the molecule is Cc1cc2cccc(C(=O)Nc3nc4c(c(NCc5ccccc5)n3)CCCOC4)n2c1. The van der Waals surface area contributed by atoms with Crippen LogP contribution in [0.2, 0.25) is 0 Å². The zero-order valence-corrected chi connectivity index (χ0v) is 18.0. The summed E-state index contributed by atoms with van der Waals surface area (Å²) in [5.74, 6) is 0.764. The van der Waals surface area contributed by atoms with E-state index in [0.29, 0.717) is 25.5 Å². The van der Waals surface area contributed by atoms with E-state index in [0.717, 1.165) is 46.6 Å². The average molecular weight is 428 g/mol. The largest absolute Gasteiger partial charge is 0.375 e. The molecular weight excluding hydrogens is 402 g/mol. The van der Waals surface area contributed by atoms with E-state index in [9.17, 15) is 4.79 Å². The molecule has 162 valence electrons. The van der Waals surface area contributed by atoms with E-state index in [4.69, 9.17) is 4.74 Å². The van der Waals surface area contributed by atoms with Crippen LogP contribution in [0.15, 0.2) is 60.8 Å². The van der Waals surface area contributed by atoms with Crippen molar-refractivity contribution in [3.63, 3.8) is 0 Å². The summed E-state index contributed by atoms with van der Waals surface area (Å²) in [5.41, 5.74) is 5.62. The van der Waals surface area contributed by atoms with Gasteiger partial charge in [0.05, 0.1) is 12.3 Å². The Morgan fingerprint density at radius 3 is 2.88 bits per heavy atom. The number of carbonyl (C=O) groups is 1. The maximum atomic E-state index is 13.1. The van der Waals surface area contributed by atoms with Crippen molar-refractivity contribution in [1.29, 1.82) is 0 Å². The van der Waals surface area contributed by atoms with Gasteiger partial charge in [-0.05, 0) is 49.1 Å². The second kappa shape index (κ2) is 8.80. The van der Waals surface area contributed by atoms with Gasteiger partial charge in [-0.25, -0.2) is 4.98 Å². The van der Waals surface area contributed by atoms with Crippen LogP contribution >= 0.6 is 0 Å². The molecule has 0 saturated carbocycles. The first-order chi connectivity index (χ1) is 15.7. The van der Waals surface area contributed by atoms with Crippen LogP contribution in [0, 0.1) is 6.92 Å². The van der Waals surface area contributed by atoms with Crippen LogP contribution < -0.4 is 10.6 Å². The number of amides is 1. The van der Waals surface area contributed by atoms with Gasteiger partial charge in [-0.3, -0.25) is 10.1 Å². The molecule has 0 saturated heterocycles. The average Bonchev–Trinajstić information content (AvgIpc) is 3.02. The van der Waals surface area contributed by atoms with Gasteiger partial charge in [-0.1, -0.05) is 36.4 Å². The lowest BCUT2D eigenvalue weighted by Gasteiger charge is -2.15. The van der Waals surface area contributed by atoms with Crippen LogP contribution in [-0.2, 0) is 24.3 Å². The molecule has 5 rings (SSSR count). The summed E-state index contributed by atoms with van der Waals surface area (Å²) in [7, 11) is 0. The Morgan fingerprint density at radius 1 is 1.12 bits per heavy atom. The van der Waals surface area contributed by atoms with E-state index >= 15 is 0 Å². The smallest absolute Gasteiger partial charge is 0.274 e. The lowest BCUT2D eigenvalue weighted by Crippen LogP contribution is -2.19. The van der Waals surface area contributed by atoms with Crippen molar-refractivity contribution in [2.75, 3.05) is 17.2 Å². The number of fused-ring (bicyclic) bond motifs is 2. The normalized spacial score (nSPS) is 13.4. The molecule has 0 radical (unpaired) electrons. The number of hydrogen-bond acceptors (Lipinski definition) is 5. The van der Waals surface area contributed by atoms with Crippen molar-refractivity contribution in [2.45, 2.75) is 32.9 Å².